The summed E-state index contributed by atoms with van der Waals surface area (Å²) in [4.78, 5) is 14.8. The topological polar surface area (TPSA) is 77.2 Å². The van der Waals surface area contributed by atoms with Crippen LogP contribution >= 0.6 is 0 Å². The zero-order valence-corrected chi connectivity index (χ0v) is 11.4. The van der Waals surface area contributed by atoms with Crippen molar-refractivity contribution < 1.29 is 22.7 Å². The predicted molar refractivity (Wildman–Crippen MR) is 69.8 cm³/mol. The minimum Gasteiger partial charge on any atom is -0.378 e. The van der Waals surface area contributed by atoms with Gasteiger partial charge in [-0.15, -0.1) is 0 Å². The first kappa shape index (κ1) is 15.6. The first-order valence-corrected chi connectivity index (χ1v) is 6.53. The maximum Gasteiger partial charge on any atom is 0.433 e. The SMILES string of the molecule is CC1CC(Nc2nc(C(F)(F)F)ccc2C(N)=O)CCO1. The number of hydrogen-bond acceptors (Lipinski definition) is 4. The number of alkyl halides is 3. The summed E-state index contributed by atoms with van der Waals surface area (Å²) >= 11 is 0. The van der Waals surface area contributed by atoms with Gasteiger partial charge in [-0.25, -0.2) is 4.98 Å². The lowest BCUT2D eigenvalue weighted by Gasteiger charge is -2.29. The zero-order valence-electron chi connectivity index (χ0n) is 11.4. The van der Waals surface area contributed by atoms with E-state index in [0.29, 0.717) is 19.4 Å². The molecule has 1 aromatic heterocycles. The molecule has 1 amide bonds. The zero-order chi connectivity index (χ0) is 15.6. The van der Waals surface area contributed by atoms with Crippen molar-refractivity contribution in [2.45, 2.75) is 38.1 Å². The summed E-state index contributed by atoms with van der Waals surface area (Å²) in [5, 5.41) is 2.88. The predicted octanol–water partition coefficient (Wildman–Crippen LogP) is 2.18. The van der Waals surface area contributed by atoms with Crippen LogP contribution in [0.2, 0.25) is 0 Å². The lowest BCUT2D eigenvalue weighted by Crippen LogP contribution is -2.33. The number of primary amides is 1. The molecule has 0 saturated carbocycles. The van der Waals surface area contributed by atoms with Crippen LogP contribution in [0.25, 0.3) is 0 Å². The van der Waals surface area contributed by atoms with Crippen molar-refractivity contribution in [1.82, 2.24) is 4.98 Å². The molecule has 1 aromatic rings. The van der Waals surface area contributed by atoms with Crippen LogP contribution in [0.1, 0.15) is 35.8 Å². The monoisotopic (exact) mass is 303 g/mol. The molecule has 0 spiro atoms. The molecule has 1 saturated heterocycles. The molecule has 0 bridgehead atoms. The van der Waals surface area contributed by atoms with E-state index in [9.17, 15) is 18.0 Å². The molecule has 1 aliphatic rings. The molecule has 8 heteroatoms. The lowest BCUT2D eigenvalue weighted by atomic mass is 10.0. The second-order valence-corrected chi connectivity index (χ2v) is 5.00. The number of anilines is 1. The quantitative estimate of drug-likeness (QED) is 0.897. The minimum absolute atomic E-state index is 0.000855. The molecule has 2 atom stereocenters. The van der Waals surface area contributed by atoms with Gasteiger partial charge in [0, 0.05) is 12.6 Å². The highest BCUT2D eigenvalue weighted by atomic mass is 19.4. The Labute approximate surface area is 119 Å². The van der Waals surface area contributed by atoms with Crippen LogP contribution in [0.5, 0.6) is 0 Å². The molecule has 0 aliphatic carbocycles. The van der Waals surface area contributed by atoms with Crippen molar-refractivity contribution in [1.29, 1.82) is 0 Å². The Morgan fingerprint density at radius 1 is 1.48 bits per heavy atom. The third-order valence-electron chi connectivity index (χ3n) is 3.28. The van der Waals surface area contributed by atoms with Crippen LogP contribution in [0.4, 0.5) is 19.0 Å². The van der Waals surface area contributed by atoms with Gasteiger partial charge >= 0.3 is 6.18 Å². The summed E-state index contributed by atoms with van der Waals surface area (Å²) in [5.41, 5.74) is 4.07. The smallest absolute Gasteiger partial charge is 0.378 e. The number of carbonyl (C=O) groups excluding carboxylic acids is 1. The average Bonchev–Trinajstić information content (AvgIpc) is 2.37. The summed E-state index contributed by atoms with van der Waals surface area (Å²) in [5.74, 6) is -0.949. The minimum atomic E-state index is -4.57. The summed E-state index contributed by atoms with van der Waals surface area (Å²) in [6.45, 7) is 2.38. The number of aromatic nitrogens is 1. The number of hydrogen-bond donors (Lipinski definition) is 2. The van der Waals surface area contributed by atoms with Gasteiger partial charge in [0.1, 0.15) is 11.5 Å². The number of ether oxygens (including phenoxy) is 1. The Bertz CT molecular complexity index is 534. The molecule has 2 unspecified atom stereocenters. The van der Waals surface area contributed by atoms with Gasteiger partial charge in [-0.2, -0.15) is 13.2 Å². The summed E-state index contributed by atoms with van der Waals surface area (Å²) in [6.07, 6.45) is -3.33. The van der Waals surface area contributed by atoms with Gasteiger partial charge in [0.2, 0.25) is 0 Å². The van der Waals surface area contributed by atoms with Gasteiger partial charge in [0.25, 0.3) is 5.91 Å². The molecule has 1 aliphatic heterocycles. The van der Waals surface area contributed by atoms with Crippen LogP contribution in [0, 0.1) is 0 Å². The number of rotatable bonds is 3. The normalized spacial score (nSPS) is 22.9. The van der Waals surface area contributed by atoms with E-state index in [0.717, 1.165) is 12.1 Å². The van der Waals surface area contributed by atoms with E-state index >= 15 is 0 Å². The van der Waals surface area contributed by atoms with Crippen LogP contribution in [0.15, 0.2) is 12.1 Å². The second-order valence-electron chi connectivity index (χ2n) is 5.00. The number of nitrogens with one attached hydrogen (secondary N) is 1. The molecule has 2 rings (SSSR count). The molecule has 3 N–H and O–H groups in total. The van der Waals surface area contributed by atoms with E-state index in [4.69, 9.17) is 10.5 Å². The Kier molecular flexibility index (Phi) is 4.36. The summed E-state index contributed by atoms with van der Waals surface area (Å²) < 4.78 is 43.5. The highest BCUT2D eigenvalue weighted by Gasteiger charge is 2.33. The second kappa shape index (κ2) is 5.88. The fourth-order valence-corrected chi connectivity index (χ4v) is 2.25. The lowest BCUT2D eigenvalue weighted by molar-refractivity contribution is -0.141. The van der Waals surface area contributed by atoms with E-state index in [2.05, 4.69) is 10.3 Å². The van der Waals surface area contributed by atoms with Crippen LogP contribution in [0.3, 0.4) is 0 Å². The fourth-order valence-electron chi connectivity index (χ4n) is 2.25. The van der Waals surface area contributed by atoms with E-state index in [-0.39, 0.29) is 23.5 Å². The van der Waals surface area contributed by atoms with Crippen LogP contribution in [-0.2, 0) is 10.9 Å². The van der Waals surface area contributed by atoms with Gasteiger partial charge in [-0.3, -0.25) is 4.79 Å². The molecule has 0 aromatic carbocycles. The Morgan fingerprint density at radius 2 is 2.19 bits per heavy atom. The summed E-state index contributed by atoms with van der Waals surface area (Å²) in [6, 6.07) is 1.68. The van der Waals surface area contributed by atoms with Crippen molar-refractivity contribution >= 4 is 11.7 Å². The standard InChI is InChI=1S/C13H16F3N3O2/c1-7-6-8(4-5-21-7)18-12-9(11(17)20)2-3-10(19-12)13(14,15)16/h2-3,7-8H,4-6H2,1H3,(H2,17,20)(H,18,19). The van der Waals surface area contributed by atoms with E-state index in [1.165, 1.54) is 0 Å². The largest absolute Gasteiger partial charge is 0.433 e. The summed E-state index contributed by atoms with van der Waals surface area (Å²) in [7, 11) is 0. The first-order valence-electron chi connectivity index (χ1n) is 6.53. The number of halogens is 3. The van der Waals surface area contributed by atoms with Crippen LogP contribution in [-0.4, -0.2) is 29.6 Å². The van der Waals surface area contributed by atoms with E-state index in [1.54, 1.807) is 0 Å². The third-order valence-corrected chi connectivity index (χ3v) is 3.28. The van der Waals surface area contributed by atoms with Gasteiger partial charge < -0.3 is 15.8 Å². The maximum absolute atomic E-state index is 12.7. The number of nitrogens with two attached hydrogens (primary N) is 1. The third kappa shape index (κ3) is 3.84. The molecule has 1 fully saturated rings. The Hall–Kier alpha value is -1.83. The molecule has 116 valence electrons. The van der Waals surface area contributed by atoms with Crippen LogP contribution < -0.4 is 11.1 Å². The molecular formula is C13H16F3N3O2. The molecule has 21 heavy (non-hydrogen) atoms. The number of pyridine rings is 1. The number of amides is 1. The number of carbonyl (C=O) groups is 1. The maximum atomic E-state index is 12.7. The van der Waals surface area contributed by atoms with Gasteiger partial charge in [0.15, 0.2) is 0 Å². The van der Waals surface area contributed by atoms with Gasteiger partial charge in [0.05, 0.1) is 11.7 Å². The molecule has 5 nitrogen and oxygen atoms in total. The Balaban J connectivity index is 2.28. The van der Waals surface area contributed by atoms with Crippen molar-refractivity contribution in [3.8, 4) is 0 Å². The Morgan fingerprint density at radius 3 is 2.76 bits per heavy atom. The molecule has 0 radical (unpaired) electrons. The van der Waals surface area contributed by atoms with Crippen molar-refractivity contribution in [2.75, 3.05) is 11.9 Å². The fraction of sp³-hybridized carbons (Fsp3) is 0.538. The van der Waals surface area contributed by atoms with Gasteiger partial charge in [-0.05, 0) is 31.9 Å². The van der Waals surface area contributed by atoms with E-state index in [1.807, 2.05) is 6.92 Å². The number of nitrogens with zero attached hydrogens (tertiary/aromatic N) is 1. The van der Waals surface area contributed by atoms with E-state index < -0.39 is 17.8 Å². The average molecular weight is 303 g/mol. The first-order chi connectivity index (χ1) is 9.77. The highest BCUT2D eigenvalue weighted by molar-refractivity contribution is 5.97. The van der Waals surface area contributed by atoms with Crippen molar-refractivity contribution in [3.63, 3.8) is 0 Å². The molecule has 2 heterocycles. The molecular weight excluding hydrogens is 287 g/mol. The highest BCUT2D eigenvalue weighted by Crippen LogP contribution is 2.30. The van der Waals surface area contributed by atoms with Gasteiger partial charge in [-0.1, -0.05) is 0 Å². The van der Waals surface area contributed by atoms with Crippen molar-refractivity contribution in [3.05, 3.63) is 23.4 Å². The van der Waals surface area contributed by atoms with Crippen molar-refractivity contribution in [2.24, 2.45) is 5.73 Å².